The van der Waals surface area contributed by atoms with Crippen LogP contribution in [-0.2, 0) is 0 Å². The summed E-state index contributed by atoms with van der Waals surface area (Å²) >= 11 is 0. The van der Waals surface area contributed by atoms with Gasteiger partial charge in [0.25, 0.3) is 0 Å². The third kappa shape index (κ3) is 4.75. The lowest BCUT2D eigenvalue weighted by Gasteiger charge is -2.46. The molecule has 0 amide bonds. The monoisotopic (exact) mass is 427 g/mol. The summed E-state index contributed by atoms with van der Waals surface area (Å²) in [6.07, 6.45) is 15.2. The van der Waals surface area contributed by atoms with Gasteiger partial charge < -0.3 is 15.1 Å². The van der Waals surface area contributed by atoms with Crippen LogP contribution in [0.2, 0.25) is 0 Å². The SMILES string of the molecule is C=C1/C(=C\C=C2/CCC[C@]3(C)[C@@H](C(C)CN4CCCC[C@@H]4C)CC[C@@H]23)C[C@@H](O)C[C@H]1O. The van der Waals surface area contributed by atoms with Gasteiger partial charge in [0.1, 0.15) is 0 Å². The fourth-order valence-electron chi connectivity index (χ4n) is 7.61. The first-order valence-corrected chi connectivity index (χ1v) is 13.0. The summed E-state index contributed by atoms with van der Waals surface area (Å²) in [5, 5.41) is 20.2. The van der Waals surface area contributed by atoms with Gasteiger partial charge in [-0.15, -0.1) is 0 Å². The zero-order chi connectivity index (χ0) is 22.2. The Kier molecular flexibility index (Phi) is 7.15. The topological polar surface area (TPSA) is 43.7 Å². The van der Waals surface area contributed by atoms with Crippen molar-refractivity contribution >= 4 is 0 Å². The van der Waals surface area contributed by atoms with Crippen LogP contribution in [0.15, 0.2) is 35.5 Å². The molecule has 1 heterocycles. The minimum atomic E-state index is -0.598. The highest BCUT2D eigenvalue weighted by Crippen LogP contribution is 2.59. The molecule has 0 aromatic heterocycles. The molecule has 3 heteroatoms. The number of hydrogen-bond acceptors (Lipinski definition) is 3. The van der Waals surface area contributed by atoms with Crippen molar-refractivity contribution in [2.45, 2.75) is 103 Å². The number of aliphatic hydroxyl groups is 2. The molecular weight excluding hydrogens is 382 g/mol. The Morgan fingerprint density at radius 1 is 1.16 bits per heavy atom. The van der Waals surface area contributed by atoms with E-state index < -0.39 is 12.2 Å². The number of piperidine rings is 1. The molecule has 0 aromatic rings. The maximum absolute atomic E-state index is 10.2. The van der Waals surface area contributed by atoms with Crippen LogP contribution in [0.1, 0.15) is 85.0 Å². The normalized spacial score (nSPS) is 43.4. The van der Waals surface area contributed by atoms with Crippen molar-refractivity contribution in [3.05, 3.63) is 35.5 Å². The number of nitrogens with zero attached hydrogens (tertiary/aromatic N) is 1. The summed E-state index contributed by atoms with van der Waals surface area (Å²) in [7, 11) is 0. The molecule has 3 nitrogen and oxygen atoms in total. The molecule has 4 aliphatic rings. The van der Waals surface area contributed by atoms with Crippen LogP contribution < -0.4 is 0 Å². The van der Waals surface area contributed by atoms with Crippen LogP contribution >= 0.6 is 0 Å². The maximum atomic E-state index is 10.2. The second-order valence-corrected chi connectivity index (χ2v) is 11.5. The molecule has 1 unspecified atom stereocenters. The van der Waals surface area contributed by atoms with Crippen molar-refractivity contribution in [2.75, 3.05) is 13.1 Å². The molecule has 174 valence electrons. The lowest BCUT2D eigenvalue weighted by Crippen LogP contribution is -2.44. The number of rotatable bonds is 4. The van der Waals surface area contributed by atoms with Crippen molar-refractivity contribution in [1.29, 1.82) is 0 Å². The molecule has 1 saturated heterocycles. The van der Waals surface area contributed by atoms with Crippen molar-refractivity contribution in [3.8, 4) is 0 Å². The summed E-state index contributed by atoms with van der Waals surface area (Å²) in [5.41, 5.74) is 3.86. The molecule has 0 radical (unpaired) electrons. The predicted molar refractivity (Wildman–Crippen MR) is 129 cm³/mol. The van der Waals surface area contributed by atoms with E-state index in [2.05, 4.69) is 44.4 Å². The predicted octanol–water partition coefficient (Wildman–Crippen LogP) is 5.64. The molecule has 1 aliphatic heterocycles. The molecule has 3 saturated carbocycles. The van der Waals surface area contributed by atoms with Gasteiger partial charge in [-0.05, 0) is 99.1 Å². The molecule has 7 atom stereocenters. The van der Waals surface area contributed by atoms with E-state index in [-0.39, 0.29) is 0 Å². The molecule has 4 fully saturated rings. The second kappa shape index (κ2) is 9.53. The van der Waals surface area contributed by atoms with Crippen molar-refractivity contribution in [2.24, 2.45) is 23.2 Å². The highest BCUT2D eigenvalue weighted by molar-refractivity contribution is 5.38. The molecule has 0 aromatic carbocycles. The number of hydrogen-bond donors (Lipinski definition) is 2. The highest BCUT2D eigenvalue weighted by Gasteiger charge is 2.50. The minimum absolute atomic E-state index is 0.419. The molecule has 31 heavy (non-hydrogen) atoms. The van der Waals surface area contributed by atoms with Crippen LogP contribution in [0.4, 0.5) is 0 Å². The Morgan fingerprint density at radius 2 is 1.97 bits per heavy atom. The standard InChI is InChI=1S/C28H45NO2/c1-19(18-29-15-6-5-8-20(29)2)25-12-13-26-22(9-7-14-28(25,26)4)10-11-23-16-24(30)17-27(31)21(23)3/h10-11,19-20,24-27,30-31H,3,5-9,12-18H2,1-2,4H3/b22-10+,23-11-/t19?,20-,24+,25+,26-,27+,28+/m0/s1. The smallest absolute Gasteiger partial charge is 0.0811 e. The third-order valence-corrected chi connectivity index (χ3v) is 9.45. The van der Waals surface area contributed by atoms with E-state index in [0.29, 0.717) is 24.2 Å². The zero-order valence-corrected chi connectivity index (χ0v) is 20.2. The number of aliphatic hydroxyl groups excluding tert-OH is 2. The Balaban J connectivity index is 1.48. The van der Waals surface area contributed by atoms with Crippen LogP contribution in [-0.4, -0.2) is 46.5 Å². The number of allylic oxidation sites excluding steroid dienone is 3. The maximum Gasteiger partial charge on any atom is 0.0811 e. The zero-order valence-electron chi connectivity index (χ0n) is 20.2. The average Bonchev–Trinajstić information content (AvgIpc) is 3.09. The van der Waals surface area contributed by atoms with Crippen LogP contribution in [0.5, 0.6) is 0 Å². The fraction of sp³-hybridized carbons (Fsp3) is 0.786. The van der Waals surface area contributed by atoms with Crippen LogP contribution in [0.25, 0.3) is 0 Å². The van der Waals surface area contributed by atoms with Crippen molar-refractivity contribution in [1.82, 2.24) is 4.90 Å². The second-order valence-electron chi connectivity index (χ2n) is 11.5. The van der Waals surface area contributed by atoms with E-state index in [1.165, 1.54) is 64.5 Å². The van der Waals surface area contributed by atoms with E-state index in [4.69, 9.17) is 0 Å². The molecule has 3 aliphatic carbocycles. The summed E-state index contributed by atoms with van der Waals surface area (Å²) in [4.78, 5) is 2.76. The van der Waals surface area contributed by atoms with Crippen molar-refractivity contribution in [3.63, 3.8) is 0 Å². The minimum Gasteiger partial charge on any atom is -0.393 e. The summed E-state index contributed by atoms with van der Waals surface area (Å²) in [6, 6.07) is 0.754. The Hall–Kier alpha value is -0.900. The first-order valence-electron chi connectivity index (χ1n) is 13.0. The van der Waals surface area contributed by atoms with Gasteiger partial charge in [0.05, 0.1) is 12.2 Å². The molecule has 0 bridgehead atoms. The van der Waals surface area contributed by atoms with Gasteiger partial charge in [0.2, 0.25) is 0 Å². The summed E-state index contributed by atoms with van der Waals surface area (Å²) < 4.78 is 0. The average molecular weight is 428 g/mol. The Morgan fingerprint density at radius 3 is 2.74 bits per heavy atom. The fourth-order valence-corrected chi connectivity index (χ4v) is 7.61. The van der Waals surface area contributed by atoms with E-state index in [1.54, 1.807) is 5.57 Å². The van der Waals surface area contributed by atoms with Crippen LogP contribution in [0.3, 0.4) is 0 Å². The van der Waals surface area contributed by atoms with Crippen LogP contribution in [0, 0.1) is 23.2 Å². The molecule has 4 rings (SSSR count). The van der Waals surface area contributed by atoms with Gasteiger partial charge in [0, 0.05) is 19.0 Å². The summed E-state index contributed by atoms with van der Waals surface area (Å²) in [6.45, 7) is 14.2. The first-order chi connectivity index (χ1) is 14.8. The van der Waals surface area contributed by atoms with Gasteiger partial charge >= 0.3 is 0 Å². The number of fused-ring (bicyclic) bond motifs is 1. The first kappa shape index (κ1) is 23.3. The van der Waals surface area contributed by atoms with Gasteiger partial charge in [-0.2, -0.15) is 0 Å². The van der Waals surface area contributed by atoms with Gasteiger partial charge in [-0.1, -0.05) is 44.6 Å². The lowest BCUT2D eigenvalue weighted by atomic mass is 9.61. The Labute approximate surface area is 190 Å². The van der Waals surface area contributed by atoms with E-state index in [1.807, 2.05) is 0 Å². The third-order valence-electron chi connectivity index (χ3n) is 9.45. The molecule has 2 N–H and O–H groups in total. The number of likely N-dealkylation sites (tertiary alicyclic amines) is 1. The Bertz CT molecular complexity index is 725. The highest BCUT2D eigenvalue weighted by atomic mass is 16.3. The van der Waals surface area contributed by atoms with Gasteiger partial charge in [-0.3, -0.25) is 0 Å². The van der Waals surface area contributed by atoms with E-state index in [9.17, 15) is 10.2 Å². The van der Waals surface area contributed by atoms with E-state index >= 15 is 0 Å². The van der Waals surface area contributed by atoms with E-state index in [0.717, 1.165) is 29.0 Å². The largest absolute Gasteiger partial charge is 0.393 e. The van der Waals surface area contributed by atoms with Crippen molar-refractivity contribution < 1.29 is 10.2 Å². The molecular formula is C28H45NO2. The van der Waals surface area contributed by atoms with Gasteiger partial charge in [0.15, 0.2) is 0 Å². The molecule has 0 spiro atoms. The quantitative estimate of drug-likeness (QED) is 0.610. The van der Waals surface area contributed by atoms with Gasteiger partial charge in [-0.25, -0.2) is 0 Å². The summed E-state index contributed by atoms with van der Waals surface area (Å²) in [5.74, 6) is 2.27. The lowest BCUT2D eigenvalue weighted by molar-refractivity contribution is 0.0598.